The number of nitrogens with one attached hydrogen (secondary N) is 2. The molecule has 90 valence electrons. The van der Waals surface area contributed by atoms with Crippen LogP contribution >= 0.6 is 11.6 Å². The fourth-order valence-corrected chi connectivity index (χ4v) is 1.19. The lowest BCUT2D eigenvalue weighted by molar-refractivity contribution is 0.439. The lowest BCUT2D eigenvalue weighted by atomic mass is 9.98. The first-order chi connectivity index (χ1) is 7.52. The van der Waals surface area contributed by atoms with E-state index >= 15 is 0 Å². The van der Waals surface area contributed by atoms with Gasteiger partial charge in [-0.2, -0.15) is 15.0 Å². The molecular formula is C10H18ClN5. The van der Waals surface area contributed by atoms with Crippen LogP contribution in [0.2, 0.25) is 5.28 Å². The van der Waals surface area contributed by atoms with E-state index in [1.165, 1.54) is 0 Å². The van der Waals surface area contributed by atoms with Gasteiger partial charge in [0.1, 0.15) is 0 Å². The van der Waals surface area contributed by atoms with Crippen molar-refractivity contribution in [1.29, 1.82) is 0 Å². The van der Waals surface area contributed by atoms with Gasteiger partial charge in [0.15, 0.2) is 0 Å². The van der Waals surface area contributed by atoms with E-state index in [2.05, 4.69) is 46.4 Å². The molecule has 16 heavy (non-hydrogen) atoms. The van der Waals surface area contributed by atoms with Crippen LogP contribution in [-0.4, -0.2) is 28.5 Å². The summed E-state index contributed by atoms with van der Waals surface area (Å²) < 4.78 is 0. The van der Waals surface area contributed by atoms with Crippen molar-refractivity contribution in [3.05, 3.63) is 5.28 Å². The Morgan fingerprint density at radius 1 is 1.12 bits per heavy atom. The number of anilines is 2. The van der Waals surface area contributed by atoms with Gasteiger partial charge in [-0.3, -0.25) is 0 Å². The standard InChI is InChI=1S/C10H18ClN5/c1-6(2)7(3)5-13-10-15-8(11)14-9(12-4)16-10/h6-7H,5H2,1-4H3,(H2,12,13,14,15,16). The van der Waals surface area contributed by atoms with E-state index in [0.29, 0.717) is 23.7 Å². The van der Waals surface area contributed by atoms with Crippen LogP contribution < -0.4 is 10.6 Å². The maximum atomic E-state index is 5.76. The van der Waals surface area contributed by atoms with Crippen molar-refractivity contribution < 1.29 is 0 Å². The molecule has 0 saturated heterocycles. The molecule has 1 aromatic rings. The van der Waals surface area contributed by atoms with Crippen molar-refractivity contribution in [2.45, 2.75) is 20.8 Å². The first-order valence-electron chi connectivity index (χ1n) is 5.36. The molecule has 1 aromatic heterocycles. The molecule has 0 amide bonds. The lowest BCUT2D eigenvalue weighted by Crippen LogP contribution is -2.18. The van der Waals surface area contributed by atoms with Crippen LogP contribution in [0.25, 0.3) is 0 Å². The summed E-state index contributed by atoms with van der Waals surface area (Å²) in [6, 6.07) is 0. The molecule has 0 spiro atoms. The van der Waals surface area contributed by atoms with Crippen LogP contribution in [-0.2, 0) is 0 Å². The van der Waals surface area contributed by atoms with E-state index in [-0.39, 0.29) is 5.28 Å². The normalized spacial score (nSPS) is 12.6. The Hall–Kier alpha value is -1.10. The zero-order valence-corrected chi connectivity index (χ0v) is 10.8. The maximum Gasteiger partial charge on any atom is 0.228 e. The minimum Gasteiger partial charge on any atom is -0.357 e. The van der Waals surface area contributed by atoms with E-state index in [0.717, 1.165) is 6.54 Å². The molecule has 1 rings (SSSR count). The second-order valence-electron chi connectivity index (χ2n) is 4.10. The molecule has 5 nitrogen and oxygen atoms in total. The second kappa shape index (κ2) is 5.84. The lowest BCUT2D eigenvalue weighted by Gasteiger charge is -2.16. The summed E-state index contributed by atoms with van der Waals surface area (Å²) in [5, 5.41) is 6.18. The van der Waals surface area contributed by atoms with Gasteiger partial charge in [-0.05, 0) is 23.4 Å². The second-order valence-corrected chi connectivity index (χ2v) is 4.44. The zero-order valence-electron chi connectivity index (χ0n) is 10.1. The van der Waals surface area contributed by atoms with Gasteiger partial charge >= 0.3 is 0 Å². The SMILES string of the molecule is CNc1nc(Cl)nc(NCC(C)C(C)C)n1. The van der Waals surface area contributed by atoms with E-state index in [1.54, 1.807) is 7.05 Å². The summed E-state index contributed by atoms with van der Waals surface area (Å²) in [6.45, 7) is 7.37. The number of hydrogen-bond acceptors (Lipinski definition) is 5. The van der Waals surface area contributed by atoms with E-state index in [4.69, 9.17) is 11.6 Å². The Labute approximate surface area is 101 Å². The molecule has 0 aromatic carbocycles. The number of aromatic nitrogens is 3. The minimum absolute atomic E-state index is 0.194. The fourth-order valence-electron chi connectivity index (χ4n) is 1.03. The predicted molar refractivity (Wildman–Crippen MR) is 66.9 cm³/mol. The summed E-state index contributed by atoms with van der Waals surface area (Å²) in [6.07, 6.45) is 0. The Kier molecular flexibility index (Phi) is 4.73. The highest BCUT2D eigenvalue weighted by Crippen LogP contribution is 2.12. The number of rotatable bonds is 5. The van der Waals surface area contributed by atoms with Gasteiger partial charge in [0.25, 0.3) is 0 Å². The van der Waals surface area contributed by atoms with Crippen molar-refractivity contribution in [3.8, 4) is 0 Å². The quantitative estimate of drug-likeness (QED) is 0.831. The highest BCUT2D eigenvalue weighted by Gasteiger charge is 2.08. The molecule has 1 unspecified atom stereocenters. The van der Waals surface area contributed by atoms with Crippen LogP contribution in [0.4, 0.5) is 11.9 Å². The fraction of sp³-hybridized carbons (Fsp3) is 0.700. The smallest absolute Gasteiger partial charge is 0.228 e. The highest BCUT2D eigenvalue weighted by molar-refractivity contribution is 6.28. The van der Waals surface area contributed by atoms with Crippen molar-refractivity contribution >= 4 is 23.5 Å². The molecule has 0 aliphatic rings. The Morgan fingerprint density at radius 2 is 1.75 bits per heavy atom. The van der Waals surface area contributed by atoms with Crippen molar-refractivity contribution in [2.75, 3.05) is 24.2 Å². The predicted octanol–water partition coefficient (Wildman–Crippen LogP) is 2.27. The summed E-state index contributed by atoms with van der Waals surface area (Å²) in [5.74, 6) is 2.15. The summed E-state index contributed by atoms with van der Waals surface area (Å²) in [7, 11) is 1.74. The van der Waals surface area contributed by atoms with Crippen LogP contribution in [0.5, 0.6) is 0 Å². The molecule has 0 fully saturated rings. The average molecular weight is 244 g/mol. The van der Waals surface area contributed by atoms with Gasteiger partial charge in [-0.25, -0.2) is 0 Å². The third-order valence-electron chi connectivity index (χ3n) is 2.55. The van der Waals surface area contributed by atoms with E-state index < -0.39 is 0 Å². The molecule has 1 atom stereocenters. The molecule has 6 heteroatoms. The molecule has 0 aliphatic heterocycles. The molecule has 0 radical (unpaired) electrons. The molecule has 0 aliphatic carbocycles. The topological polar surface area (TPSA) is 62.7 Å². The maximum absolute atomic E-state index is 5.76. The van der Waals surface area contributed by atoms with Crippen LogP contribution in [0.3, 0.4) is 0 Å². The van der Waals surface area contributed by atoms with Gasteiger partial charge in [0, 0.05) is 13.6 Å². The van der Waals surface area contributed by atoms with Gasteiger partial charge in [0.05, 0.1) is 0 Å². The third kappa shape index (κ3) is 3.81. The first kappa shape index (κ1) is 13.0. The molecule has 2 N–H and O–H groups in total. The minimum atomic E-state index is 0.194. The van der Waals surface area contributed by atoms with Gasteiger partial charge in [-0.1, -0.05) is 20.8 Å². The summed E-state index contributed by atoms with van der Waals surface area (Å²) in [5.41, 5.74) is 0. The number of hydrogen-bond donors (Lipinski definition) is 2. The molecule has 0 bridgehead atoms. The van der Waals surface area contributed by atoms with Crippen LogP contribution in [0.1, 0.15) is 20.8 Å². The summed E-state index contributed by atoms with van der Waals surface area (Å²) in [4.78, 5) is 12.1. The highest BCUT2D eigenvalue weighted by atomic mass is 35.5. The van der Waals surface area contributed by atoms with Crippen molar-refractivity contribution in [3.63, 3.8) is 0 Å². The average Bonchev–Trinajstić information content (AvgIpc) is 2.24. The zero-order chi connectivity index (χ0) is 12.1. The largest absolute Gasteiger partial charge is 0.357 e. The monoisotopic (exact) mass is 243 g/mol. The Bertz CT molecular complexity index is 342. The third-order valence-corrected chi connectivity index (χ3v) is 2.72. The van der Waals surface area contributed by atoms with Crippen LogP contribution in [0.15, 0.2) is 0 Å². The van der Waals surface area contributed by atoms with Crippen molar-refractivity contribution in [2.24, 2.45) is 11.8 Å². The van der Waals surface area contributed by atoms with Gasteiger partial charge in [0.2, 0.25) is 17.2 Å². The van der Waals surface area contributed by atoms with Crippen molar-refractivity contribution in [1.82, 2.24) is 15.0 Å². The van der Waals surface area contributed by atoms with E-state index in [1.807, 2.05) is 0 Å². The number of nitrogens with zero attached hydrogens (tertiary/aromatic N) is 3. The van der Waals surface area contributed by atoms with Gasteiger partial charge in [-0.15, -0.1) is 0 Å². The van der Waals surface area contributed by atoms with E-state index in [9.17, 15) is 0 Å². The Morgan fingerprint density at radius 3 is 2.31 bits per heavy atom. The molecule has 1 heterocycles. The molecular weight excluding hydrogens is 226 g/mol. The Balaban J connectivity index is 2.63. The molecule has 0 saturated carbocycles. The first-order valence-corrected chi connectivity index (χ1v) is 5.74. The van der Waals surface area contributed by atoms with Gasteiger partial charge < -0.3 is 10.6 Å². The summed E-state index contributed by atoms with van der Waals surface area (Å²) >= 11 is 5.76. The van der Waals surface area contributed by atoms with Crippen LogP contribution in [0, 0.1) is 11.8 Å². The number of halogens is 1.